The molecule has 0 saturated carbocycles. The van der Waals surface area contributed by atoms with E-state index in [1.807, 2.05) is 55.1 Å². The maximum atomic E-state index is 15.1. The second-order valence-electron chi connectivity index (χ2n) is 9.20. The van der Waals surface area contributed by atoms with Gasteiger partial charge in [-0.3, -0.25) is 4.79 Å². The van der Waals surface area contributed by atoms with E-state index in [2.05, 4.69) is 4.90 Å². The molecule has 2 fully saturated rings. The van der Waals surface area contributed by atoms with Gasteiger partial charge in [0.2, 0.25) is 15.9 Å². The lowest BCUT2D eigenvalue weighted by Crippen LogP contribution is -2.53. The van der Waals surface area contributed by atoms with Crippen LogP contribution in [0.3, 0.4) is 0 Å². The standard InChI is InChI=1S/C25H32FN3O3S/c1-18-9-12-25(21-7-5-4-6-8-21)33(31,32)29(18)17-22-10-11-23(15-24(22)26)27-13-14-28(20(3)30)19(2)16-27/h4-8,10-11,15,18-19,25H,9,12-14,16-17H2,1-3H3. The van der Waals surface area contributed by atoms with Gasteiger partial charge in [0.25, 0.3) is 0 Å². The predicted octanol–water partition coefficient (Wildman–Crippen LogP) is 3.94. The SMILES string of the molecule is CC(=O)N1CCN(c2ccc(CN3C(C)CCC(c4ccccc4)S3(=O)=O)c(F)c2)CC1C. The molecule has 2 aliphatic rings. The van der Waals surface area contributed by atoms with E-state index in [0.29, 0.717) is 31.6 Å². The average Bonchev–Trinajstić information content (AvgIpc) is 2.77. The largest absolute Gasteiger partial charge is 0.368 e. The molecular weight excluding hydrogens is 441 g/mol. The van der Waals surface area contributed by atoms with Crippen molar-refractivity contribution in [2.45, 2.75) is 57.5 Å². The van der Waals surface area contributed by atoms with Gasteiger partial charge in [0.15, 0.2) is 0 Å². The summed E-state index contributed by atoms with van der Waals surface area (Å²) in [6.45, 7) is 7.34. The van der Waals surface area contributed by atoms with Gasteiger partial charge in [-0.2, -0.15) is 4.31 Å². The van der Waals surface area contributed by atoms with E-state index in [1.165, 1.54) is 10.4 Å². The van der Waals surface area contributed by atoms with Crippen LogP contribution in [0.2, 0.25) is 0 Å². The van der Waals surface area contributed by atoms with Crippen molar-refractivity contribution in [2.75, 3.05) is 24.5 Å². The predicted molar refractivity (Wildman–Crippen MR) is 128 cm³/mol. The molecule has 0 radical (unpaired) electrons. The fraction of sp³-hybridized carbons (Fsp3) is 0.480. The first-order valence-corrected chi connectivity index (χ1v) is 13.0. The molecule has 0 N–H and O–H groups in total. The van der Waals surface area contributed by atoms with Gasteiger partial charge in [0.1, 0.15) is 11.1 Å². The number of piperazine rings is 1. The third-order valence-corrected chi connectivity index (χ3v) is 9.33. The van der Waals surface area contributed by atoms with Crippen LogP contribution in [0.15, 0.2) is 48.5 Å². The first-order chi connectivity index (χ1) is 15.7. The normalized spacial score (nSPS) is 25.8. The van der Waals surface area contributed by atoms with E-state index in [1.54, 1.807) is 13.0 Å². The van der Waals surface area contributed by atoms with Crippen molar-refractivity contribution in [2.24, 2.45) is 0 Å². The zero-order valence-electron chi connectivity index (χ0n) is 19.4. The van der Waals surface area contributed by atoms with E-state index in [4.69, 9.17) is 0 Å². The zero-order chi connectivity index (χ0) is 23.8. The maximum absolute atomic E-state index is 15.1. The molecule has 6 nitrogen and oxygen atoms in total. The summed E-state index contributed by atoms with van der Waals surface area (Å²) in [6, 6.07) is 14.2. The van der Waals surface area contributed by atoms with E-state index in [9.17, 15) is 13.2 Å². The second-order valence-corrected chi connectivity index (χ2v) is 11.3. The van der Waals surface area contributed by atoms with Gasteiger partial charge in [-0.1, -0.05) is 36.4 Å². The zero-order valence-corrected chi connectivity index (χ0v) is 20.3. The lowest BCUT2D eigenvalue weighted by Gasteiger charge is -2.40. The van der Waals surface area contributed by atoms with Crippen LogP contribution in [-0.4, -0.2) is 55.2 Å². The van der Waals surface area contributed by atoms with Gasteiger partial charge in [0.05, 0.1) is 0 Å². The van der Waals surface area contributed by atoms with Crippen LogP contribution < -0.4 is 4.90 Å². The Labute approximate surface area is 196 Å². The Morgan fingerprint density at radius 2 is 1.76 bits per heavy atom. The molecule has 8 heteroatoms. The van der Waals surface area contributed by atoms with Gasteiger partial charge in [-0.15, -0.1) is 0 Å². The van der Waals surface area contributed by atoms with Crippen LogP contribution in [0.25, 0.3) is 0 Å². The molecule has 1 amide bonds. The second kappa shape index (κ2) is 9.43. The molecule has 2 saturated heterocycles. The number of amides is 1. The van der Waals surface area contributed by atoms with Gasteiger partial charge in [-0.05, 0) is 44.4 Å². The minimum absolute atomic E-state index is 0.0213. The molecule has 2 heterocycles. The van der Waals surface area contributed by atoms with E-state index in [-0.39, 0.29) is 24.5 Å². The topological polar surface area (TPSA) is 60.9 Å². The lowest BCUT2D eigenvalue weighted by molar-refractivity contribution is -0.131. The summed E-state index contributed by atoms with van der Waals surface area (Å²) in [7, 11) is -3.61. The van der Waals surface area contributed by atoms with E-state index < -0.39 is 21.1 Å². The minimum atomic E-state index is -3.61. The van der Waals surface area contributed by atoms with Crippen LogP contribution in [0.5, 0.6) is 0 Å². The van der Waals surface area contributed by atoms with Crippen molar-refractivity contribution in [3.8, 4) is 0 Å². The molecule has 0 aromatic heterocycles. The van der Waals surface area contributed by atoms with Crippen molar-refractivity contribution in [3.05, 3.63) is 65.5 Å². The van der Waals surface area contributed by atoms with Crippen molar-refractivity contribution < 1.29 is 17.6 Å². The average molecular weight is 474 g/mol. The summed E-state index contributed by atoms with van der Waals surface area (Å²) < 4.78 is 43.5. The highest BCUT2D eigenvalue weighted by atomic mass is 32.2. The first kappa shape index (κ1) is 23.7. The van der Waals surface area contributed by atoms with Crippen molar-refractivity contribution in [3.63, 3.8) is 0 Å². The summed E-state index contributed by atoms with van der Waals surface area (Å²) in [4.78, 5) is 15.6. The molecule has 4 rings (SSSR count). The summed E-state index contributed by atoms with van der Waals surface area (Å²) in [5.74, 6) is -0.354. The number of nitrogens with zero attached hydrogens (tertiary/aromatic N) is 3. The first-order valence-electron chi connectivity index (χ1n) is 11.5. The Balaban J connectivity index is 1.52. The van der Waals surface area contributed by atoms with Crippen LogP contribution in [0.1, 0.15) is 50.0 Å². The van der Waals surface area contributed by atoms with Crippen LogP contribution in [0, 0.1) is 5.82 Å². The van der Waals surface area contributed by atoms with E-state index in [0.717, 1.165) is 17.7 Å². The number of sulfonamides is 1. The summed E-state index contributed by atoms with van der Waals surface area (Å²) >= 11 is 0. The van der Waals surface area contributed by atoms with Gasteiger partial charge in [0, 0.05) is 56.4 Å². The molecule has 2 aromatic rings. The quantitative estimate of drug-likeness (QED) is 0.675. The number of hydrogen-bond acceptors (Lipinski definition) is 4. The summed E-state index contributed by atoms with van der Waals surface area (Å²) in [5, 5.41) is -0.601. The monoisotopic (exact) mass is 473 g/mol. The molecule has 0 aliphatic carbocycles. The third kappa shape index (κ3) is 4.77. The Morgan fingerprint density at radius 1 is 1.03 bits per heavy atom. The number of carbonyl (C=O) groups excluding carboxylic acids is 1. The van der Waals surface area contributed by atoms with Crippen LogP contribution in [0.4, 0.5) is 10.1 Å². The highest BCUT2D eigenvalue weighted by Gasteiger charge is 2.40. The molecule has 178 valence electrons. The molecule has 0 spiro atoms. The minimum Gasteiger partial charge on any atom is -0.368 e. The van der Waals surface area contributed by atoms with Gasteiger partial charge < -0.3 is 9.80 Å². The fourth-order valence-electron chi connectivity index (χ4n) is 5.04. The van der Waals surface area contributed by atoms with Crippen molar-refractivity contribution in [1.29, 1.82) is 0 Å². The smallest absolute Gasteiger partial charge is 0.221 e. The number of halogens is 1. The van der Waals surface area contributed by atoms with Crippen LogP contribution in [-0.2, 0) is 21.4 Å². The molecular formula is C25H32FN3O3S. The van der Waals surface area contributed by atoms with Gasteiger partial charge in [-0.25, -0.2) is 12.8 Å². The Bertz CT molecular complexity index is 1110. The Hall–Kier alpha value is -2.45. The molecule has 3 unspecified atom stereocenters. The summed E-state index contributed by atoms with van der Waals surface area (Å²) in [5.41, 5.74) is 1.91. The maximum Gasteiger partial charge on any atom is 0.221 e. The number of hydrogen-bond donors (Lipinski definition) is 0. The molecule has 33 heavy (non-hydrogen) atoms. The van der Waals surface area contributed by atoms with E-state index >= 15 is 4.39 Å². The van der Waals surface area contributed by atoms with Crippen LogP contribution >= 0.6 is 0 Å². The number of rotatable bonds is 4. The summed E-state index contributed by atoms with van der Waals surface area (Å²) in [6.07, 6.45) is 1.30. The highest BCUT2D eigenvalue weighted by Crippen LogP contribution is 2.38. The fourth-order valence-corrected chi connectivity index (χ4v) is 7.23. The van der Waals surface area contributed by atoms with Crippen molar-refractivity contribution >= 4 is 21.6 Å². The molecule has 2 aliphatic heterocycles. The highest BCUT2D eigenvalue weighted by molar-refractivity contribution is 7.89. The Kier molecular flexibility index (Phi) is 6.77. The number of carbonyl (C=O) groups is 1. The number of benzene rings is 2. The third-order valence-electron chi connectivity index (χ3n) is 6.96. The Morgan fingerprint density at radius 3 is 2.39 bits per heavy atom. The number of anilines is 1. The lowest BCUT2D eigenvalue weighted by atomic mass is 10.0. The van der Waals surface area contributed by atoms with Crippen molar-refractivity contribution in [1.82, 2.24) is 9.21 Å². The molecule has 0 bridgehead atoms. The molecule has 3 atom stereocenters. The molecule has 2 aromatic carbocycles. The van der Waals surface area contributed by atoms with Gasteiger partial charge >= 0.3 is 0 Å².